The molecule has 3 N–H and O–H groups in total. The first kappa shape index (κ1) is 13.9. The first-order valence-electron chi connectivity index (χ1n) is 8.00. The molecule has 110 valence electrons. The van der Waals surface area contributed by atoms with Gasteiger partial charge in [0.1, 0.15) is 5.75 Å². The van der Waals surface area contributed by atoms with Gasteiger partial charge in [0, 0.05) is 12.1 Å². The maximum Gasteiger partial charge on any atom is 0.115 e. The predicted octanol–water partition coefficient (Wildman–Crippen LogP) is 3.05. The topological polar surface area (TPSA) is 52.5 Å². The molecule has 0 saturated heterocycles. The number of aliphatic hydroxyl groups excluding tert-OH is 1. The lowest BCUT2D eigenvalue weighted by atomic mass is 9.86. The molecule has 1 saturated carbocycles. The number of nitrogens with one attached hydrogen (secondary N) is 1. The van der Waals surface area contributed by atoms with Crippen LogP contribution in [0.2, 0.25) is 0 Å². The molecule has 0 bridgehead atoms. The maximum absolute atomic E-state index is 10.3. The Morgan fingerprint density at radius 3 is 2.75 bits per heavy atom. The summed E-state index contributed by atoms with van der Waals surface area (Å²) >= 11 is 0. The minimum absolute atomic E-state index is 0.208. The largest absolute Gasteiger partial charge is 0.508 e. The van der Waals surface area contributed by atoms with Crippen LogP contribution in [0, 0.1) is 0 Å². The summed E-state index contributed by atoms with van der Waals surface area (Å²) in [4.78, 5) is 0. The van der Waals surface area contributed by atoms with Gasteiger partial charge in [0.25, 0.3) is 0 Å². The van der Waals surface area contributed by atoms with Gasteiger partial charge in [-0.25, -0.2) is 0 Å². The first-order valence-corrected chi connectivity index (χ1v) is 8.00. The number of phenols is 1. The molecule has 0 aromatic heterocycles. The molecule has 1 aromatic rings. The van der Waals surface area contributed by atoms with E-state index < -0.39 is 0 Å². The second-order valence-corrected chi connectivity index (χ2v) is 6.31. The number of aryl methyl sites for hydroxylation is 1. The molecule has 1 aromatic carbocycles. The molecular weight excluding hydrogens is 250 g/mol. The summed E-state index contributed by atoms with van der Waals surface area (Å²) in [5, 5.41) is 23.6. The van der Waals surface area contributed by atoms with E-state index in [1.54, 1.807) is 6.07 Å². The second-order valence-electron chi connectivity index (χ2n) is 6.31. The highest BCUT2D eigenvalue weighted by atomic mass is 16.3. The zero-order chi connectivity index (χ0) is 13.9. The average Bonchev–Trinajstić information content (AvgIpc) is 2.64. The highest BCUT2D eigenvalue weighted by Gasteiger charge is 2.27. The maximum atomic E-state index is 10.3. The van der Waals surface area contributed by atoms with E-state index >= 15 is 0 Å². The van der Waals surface area contributed by atoms with Gasteiger partial charge in [-0.05, 0) is 55.4 Å². The number of hydrogen-bond acceptors (Lipinski definition) is 3. The number of aromatic hydroxyl groups is 1. The number of hydrogen-bond donors (Lipinski definition) is 3. The number of rotatable bonds is 2. The predicted molar refractivity (Wildman–Crippen MR) is 79.8 cm³/mol. The third kappa shape index (κ3) is 2.99. The van der Waals surface area contributed by atoms with Crippen LogP contribution in [0.5, 0.6) is 5.75 Å². The van der Waals surface area contributed by atoms with E-state index in [9.17, 15) is 10.2 Å². The van der Waals surface area contributed by atoms with Crippen LogP contribution in [0.3, 0.4) is 0 Å². The highest BCUT2D eigenvalue weighted by molar-refractivity contribution is 5.38. The molecule has 0 amide bonds. The molecule has 20 heavy (non-hydrogen) atoms. The van der Waals surface area contributed by atoms with Gasteiger partial charge < -0.3 is 15.5 Å². The molecule has 1 fully saturated rings. The van der Waals surface area contributed by atoms with E-state index in [4.69, 9.17) is 0 Å². The van der Waals surface area contributed by atoms with Gasteiger partial charge in [-0.3, -0.25) is 0 Å². The summed E-state index contributed by atoms with van der Waals surface area (Å²) in [6.07, 6.45) is 8.72. The summed E-state index contributed by atoms with van der Waals surface area (Å²) in [5.74, 6) is 0.360. The van der Waals surface area contributed by atoms with Crippen LogP contribution in [-0.4, -0.2) is 22.4 Å². The number of phenolic OH excluding ortho intramolecular Hbond substituents is 1. The van der Waals surface area contributed by atoms with Gasteiger partial charge in [-0.15, -0.1) is 0 Å². The van der Waals surface area contributed by atoms with Crippen LogP contribution in [0.1, 0.15) is 62.1 Å². The molecule has 3 nitrogen and oxygen atoms in total. The van der Waals surface area contributed by atoms with E-state index in [1.165, 1.54) is 24.0 Å². The molecule has 3 atom stereocenters. The molecule has 3 heteroatoms. The fourth-order valence-corrected chi connectivity index (χ4v) is 3.71. The molecule has 3 rings (SSSR count). The van der Waals surface area contributed by atoms with Gasteiger partial charge in [-0.2, -0.15) is 0 Å². The molecule has 2 aliphatic rings. The lowest BCUT2D eigenvalue weighted by molar-refractivity contribution is 0.112. The molecule has 0 heterocycles. The van der Waals surface area contributed by atoms with Crippen molar-refractivity contribution in [3.8, 4) is 5.75 Å². The van der Waals surface area contributed by atoms with Gasteiger partial charge in [-0.1, -0.05) is 25.3 Å². The fraction of sp³-hybridized carbons (Fsp3) is 0.647. The Morgan fingerprint density at radius 1 is 1.00 bits per heavy atom. The van der Waals surface area contributed by atoms with Crippen LogP contribution in [0.25, 0.3) is 0 Å². The summed E-state index contributed by atoms with van der Waals surface area (Å²) < 4.78 is 0. The van der Waals surface area contributed by atoms with Crippen molar-refractivity contribution >= 4 is 0 Å². The normalized spacial score (nSPS) is 30.6. The molecule has 0 aliphatic heterocycles. The summed E-state index contributed by atoms with van der Waals surface area (Å²) in [5.41, 5.74) is 2.57. The minimum Gasteiger partial charge on any atom is -0.508 e. The van der Waals surface area contributed by atoms with E-state index in [2.05, 4.69) is 5.32 Å². The van der Waals surface area contributed by atoms with E-state index in [0.717, 1.165) is 38.5 Å². The van der Waals surface area contributed by atoms with Gasteiger partial charge in [0.05, 0.1) is 6.10 Å². The Bertz CT molecular complexity index is 460. The first-order chi connectivity index (χ1) is 9.74. The van der Waals surface area contributed by atoms with Gasteiger partial charge in [0.15, 0.2) is 0 Å². The van der Waals surface area contributed by atoms with Crippen molar-refractivity contribution in [1.82, 2.24) is 5.32 Å². The summed E-state index contributed by atoms with van der Waals surface area (Å²) in [6, 6.07) is 6.28. The van der Waals surface area contributed by atoms with Crippen molar-refractivity contribution in [2.75, 3.05) is 0 Å². The lowest BCUT2D eigenvalue weighted by Gasteiger charge is -2.32. The van der Waals surface area contributed by atoms with Gasteiger partial charge >= 0.3 is 0 Å². The zero-order valence-corrected chi connectivity index (χ0v) is 12.0. The van der Waals surface area contributed by atoms with Crippen LogP contribution < -0.4 is 5.32 Å². The van der Waals surface area contributed by atoms with Crippen molar-refractivity contribution in [2.45, 2.75) is 69.6 Å². The molecule has 0 spiro atoms. The van der Waals surface area contributed by atoms with Crippen molar-refractivity contribution in [1.29, 1.82) is 0 Å². The van der Waals surface area contributed by atoms with Gasteiger partial charge in [0.2, 0.25) is 0 Å². The smallest absolute Gasteiger partial charge is 0.115 e. The second kappa shape index (κ2) is 6.15. The molecule has 0 radical (unpaired) electrons. The molecule has 3 unspecified atom stereocenters. The number of aliphatic hydroxyl groups is 1. The Hall–Kier alpha value is -1.06. The van der Waals surface area contributed by atoms with Crippen LogP contribution in [-0.2, 0) is 6.42 Å². The van der Waals surface area contributed by atoms with E-state index in [0.29, 0.717) is 11.8 Å². The highest BCUT2D eigenvalue weighted by Crippen LogP contribution is 2.33. The fourth-order valence-electron chi connectivity index (χ4n) is 3.71. The van der Waals surface area contributed by atoms with Crippen molar-refractivity contribution < 1.29 is 10.2 Å². The zero-order valence-electron chi connectivity index (χ0n) is 12.0. The standard InChI is InChI=1S/C17H25NO2/c19-13-9-10-14-12(11-13)5-4-7-15(14)18-16-6-2-1-3-8-17(16)20/h9-11,15-20H,1-8H2. The lowest BCUT2D eigenvalue weighted by Crippen LogP contribution is -2.42. The van der Waals surface area contributed by atoms with Crippen molar-refractivity contribution in [2.24, 2.45) is 0 Å². The SMILES string of the molecule is Oc1ccc2c(c1)CCCC2NC1CCCCCC1O. The number of benzene rings is 1. The Morgan fingerprint density at radius 2 is 1.85 bits per heavy atom. The Balaban J connectivity index is 1.75. The third-order valence-electron chi connectivity index (χ3n) is 4.84. The number of fused-ring (bicyclic) bond motifs is 1. The van der Waals surface area contributed by atoms with E-state index in [-0.39, 0.29) is 12.1 Å². The van der Waals surface area contributed by atoms with Crippen LogP contribution in [0.15, 0.2) is 18.2 Å². The minimum atomic E-state index is -0.208. The summed E-state index contributed by atoms with van der Waals surface area (Å²) in [7, 11) is 0. The summed E-state index contributed by atoms with van der Waals surface area (Å²) in [6.45, 7) is 0. The Kier molecular flexibility index (Phi) is 4.27. The quantitative estimate of drug-likeness (QED) is 0.727. The van der Waals surface area contributed by atoms with Crippen molar-refractivity contribution in [3.05, 3.63) is 29.3 Å². The third-order valence-corrected chi connectivity index (χ3v) is 4.84. The van der Waals surface area contributed by atoms with Crippen LogP contribution >= 0.6 is 0 Å². The van der Waals surface area contributed by atoms with Crippen molar-refractivity contribution in [3.63, 3.8) is 0 Å². The molecule has 2 aliphatic carbocycles. The average molecular weight is 275 g/mol. The molecular formula is C17H25NO2. The Labute approximate surface area is 121 Å². The van der Waals surface area contributed by atoms with Crippen LogP contribution in [0.4, 0.5) is 0 Å². The van der Waals surface area contributed by atoms with E-state index in [1.807, 2.05) is 12.1 Å². The monoisotopic (exact) mass is 275 g/mol.